The summed E-state index contributed by atoms with van der Waals surface area (Å²) in [5.41, 5.74) is 4.45. The Balaban J connectivity index is 1.63. The van der Waals surface area contributed by atoms with E-state index in [0.717, 1.165) is 28.1 Å². The SMILES string of the molecule is c1cc(-c2ccc3nnc(-c4ccncc4)n3n2)cc(-c2ccco2)c1. The Morgan fingerprint density at radius 3 is 2.50 bits per heavy atom. The number of fused-ring (bicyclic) bond motifs is 1. The predicted octanol–water partition coefficient (Wildman–Crippen LogP) is 4.11. The first-order chi connectivity index (χ1) is 12.9. The fourth-order valence-electron chi connectivity index (χ4n) is 2.90. The maximum absolute atomic E-state index is 5.49. The second kappa shape index (κ2) is 5.93. The Kier molecular flexibility index (Phi) is 3.31. The number of aromatic nitrogens is 5. The summed E-state index contributed by atoms with van der Waals surface area (Å²) in [6, 6.07) is 19.6. The molecule has 4 heterocycles. The van der Waals surface area contributed by atoms with Crippen molar-refractivity contribution < 1.29 is 4.42 Å². The number of rotatable bonds is 3. The monoisotopic (exact) mass is 339 g/mol. The smallest absolute Gasteiger partial charge is 0.185 e. The van der Waals surface area contributed by atoms with Crippen LogP contribution in [0.25, 0.3) is 39.6 Å². The van der Waals surface area contributed by atoms with Crippen molar-refractivity contribution >= 4 is 5.65 Å². The topological polar surface area (TPSA) is 69.1 Å². The zero-order valence-electron chi connectivity index (χ0n) is 13.6. The lowest BCUT2D eigenvalue weighted by molar-refractivity contribution is 0.582. The van der Waals surface area contributed by atoms with Gasteiger partial charge in [-0.2, -0.15) is 9.61 Å². The number of benzene rings is 1. The highest BCUT2D eigenvalue weighted by Gasteiger charge is 2.11. The van der Waals surface area contributed by atoms with Crippen LogP contribution in [0.4, 0.5) is 0 Å². The molecule has 0 aliphatic heterocycles. The Hall–Kier alpha value is -3.80. The van der Waals surface area contributed by atoms with Gasteiger partial charge >= 0.3 is 0 Å². The molecule has 0 N–H and O–H groups in total. The summed E-state index contributed by atoms with van der Waals surface area (Å²) in [4.78, 5) is 4.05. The maximum Gasteiger partial charge on any atom is 0.185 e. The third-order valence-corrected chi connectivity index (χ3v) is 4.17. The van der Waals surface area contributed by atoms with Crippen molar-refractivity contribution in [1.82, 2.24) is 24.8 Å². The van der Waals surface area contributed by atoms with Crippen LogP contribution < -0.4 is 0 Å². The molecule has 0 radical (unpaired) electrons. The van der Waals surface area contributed by atoms with Gasteiger partial charge in [-0.3, -0.25) is 4.98 Å². The van der Waals surface area contributed by atoms with Crippen molar-refractivity contribution in [1.29, 1.82) is 0 Å². The van der Waals surface area contributed by atoms with Gasteiger partial charge in [-0.15, -0.1) is 10.2 Å². The Morgan fingerprint density at radius 1 is 0.769 bits per heavy atom. The fraction of sp³-hybridized carbons (Fsp3) is 0. The van der Waals surface area contributed by atoms with Crippen molar-refractivity contribution in [3.8, 4) is 34.0 Å². The fourth-order valence-corrected chi connectivity index (χ4v) is 2.90. The third kappa shape index (κ3) is 2.44. The number of hydrogen-bond acceptors (Lipinski definition) is 5. The first-order valence-corrected chi connectivity index (χ1v) is 8.16. The molecule has 6 heteroatoms. The van der Waals surface area contributed by atoms with E-state index in [9.17, 15) is 0 Å². The van der Waals surface area contributed by atoms with Crippen LogP contribution in [0.2, 0.25) is 0 Å². The zero-order chi connectivity index (χ0) is 17.3. The minimum Gasteiger partial charge on any atom is -0.464 e. The van der Waals surface area contributed by atoms with E-state index in [1.54, 1.807) is 23.2 Å². The quantitative estimate of drug-likeness (QED) is 0.495. The van der Waals surface area contributed by atoms with Gasteiger partial charge in [0.25, 0.3) is 0 Å². The van der Waals surface area contributed by atoms with Gasteiger partial charge in [0.15, 0.2) is 11.5 Å². The van der Waals surface area contributed by atoms with Crippen molar-refractivity contribution in [2.24, 2.45) is 0 Å². The van der Waals surface area contributed by atoms with Crippen molar-refractivity contribution in [2.75, 3.05) is 0 Å². The number of hydrogen-bond donors (Lipinski definition) is 0. The Bertz CT molecular complexity index is 1180. The van der Waals surface area contributed by atoms with Gasteiger partial charge in [-0.05, 0) is 42.5 Å². The van der Waals surface area contributed by atoms with Crippen molar-refractivity contribution in [3.63, 3.8) is 0 Å². The molecular weight excluding hydrogens is 326 g/mol. The lowest BCUT2D eigenvalue weighted by Crippen LogP contribution is -1.97. The van der Waals surface area contributed by atoms with Gasteiger partial charge in [0.1, 0.15) is 5.76 Å². The second-order valence-electron chi connectivity index (χ2n) is 5.81. The van der Waals surface area contributed by atoms with Crippen LogP contribution in [0, 0.1) is 0 Å². The summed E-state index contributed by atoms with van der Waals surface area (Å²) in [7, 11) is 0. The molecule has 0 spiro atoms. The molecule has 5 rings (SSSR count). The highest BCUT2D eigenvalue weighted by atomic mass is 16.3. The standard InChI is InChI=1S/C20H13N5O/c1-3-15(13-16(4-1)18-5-2-12-26-18)17-6-7-19-22-23-20(25(19)24-17)14-8-10-21-11-9-14/h1-13H. The second-order valence-corrected chi connectivity index (χ2v) is 5.81. The molecule has 124 valence electrons. The summed E-state index contributed by atoms with van der Waals surface area (Å²) in [5, 5.41) is 13.2. The molecule has 1 aromatic carbocycles. The maximum atomic E-state index is 5.49. The largest absolute Gasteiger partial charge is 0.464 e. The minimum atomic E-state index is 0.687. The van der Waals surface area contributed by atoms with Crippen LogP contribution in [0.1, 0.15) is 0 Å². The molecule has 0 unspecified atom stereocenters. The molecule has 0 aliphatic rings. The number of pyridine rings is 1. The lowest BCUT2D eigenvalue weighted by Gasteiger charge is -2.05. The lowest BCUT2D eigenvalue weighted by atomic mass is 10.1. The number of nitrogens with zero attached hydrogens (tertiary/aromatic N) is 5. The van der Waals surface area contributed by atoms with Gasteiger partial charge in [-0.1, -0.05) is 18.2 Å². The molecule has 0 atom stereocenters. The summed E-state index contributed by atoms with van der Waals surface area (Å²) in [6.45, 7) is 0. The molecule has 0 saturated heterocycles. The van der Waals surface area contributed by atoms with Gasteiger partial charge in [-0.25, -0.2) is 0 Å². The van der Waals surface area contributed by atoms with Crippen molar-refractivity contribution in [2.45, 2.75) is 0 Å². The van der Waals surface area contributed by atoms with E-state index in [2.05, 4.69) is 21.2 Å². The highest BCUT2D eigenvalue weighted by Crippen LogP contribution is 2.26. The third-order valence-electron chi connectivity index (χ3n) is 4.17. The van der Waals surface area contributed by atoms with Crippen LogP contribution in [0.3, 0.4) is 0 Å². The van der Waals surface area contributed by atoms with E-state index in [-0.39, 0.29) is 0 Å². The van der Waals surface area contributed by atoms with E-state index < -0.39 is 0 Å². The molecule has 0 bridgehead atoms. The first-order valence-electron chi connectivity index (χ1n) is 8.16. The van der Waals surface area contributed by atoms with Gasteiger partial charge in [0.05, 0.1) is 12.0 Å². The summed E-state index contributed by atoms with van der Waals surface area (Å²) in [6.07, 6.45) is 5.13. The Labute approximate surface area is 148 Å². The highest BCUT2D eigenvalue weighted by molar-refractivity contribution is 5.69. The molecule has 0 fully saturated rings. The summed E-state index contributed by atoms with van der Waals surface area (Å²) < 4.78 is 7.25. The van der Waals surface area contributed by atoms with Crippen molar-refractivity contribution in [3.05, 3.63) is 79.3 Å². The Morgan fingerprint density at radius 2 is 1.65 bits per heavy atom. The van der Waals surface area contributed by atoms with Crippen LogP contribution in [-0.2, 0) is 0 Å². The molecule has 26 heavy (non-hydrogen) atoms. The number of furan rings is 1. The van der Waals surface area contributed by atoms with Crippen LogP contribution in [-0.4, -0.2) is 24.8 Å². The molecule has 4 aromatic heterocycles. The van der Waals surface area contributed by atoms with E-state index in [4.69, 9.17) is 9.52 Å². The molecular formula is C20H13N5O. The van der Waals surface area contributed by atoms with Crippen LogP contribution in [0.15, 0.2) is 83.7 Å². The molecule has 5 aromatic rings. The van der Waals surface area contributed by atoms with E-state index in [1.807, 2.05) is 54.6 Å². The average molecular weight is 339 g/mol. The summed E-state index contributed by atoms with van der Waals surface area (Å²) >= 11 is 0. The first kappa shape index (κ1) is 14.5. The van der Waals surface area contributed by atoms with Crippen LogP contribution in [0.5, 0.6) is 0 Å². The van der Waals surface area contributed by atoms with E-state index >= 15 is 0 Å². The normalized spacial score (nSPS) is 11.1. The van der Waals surface area contributed by atoms with E-state index in [1.165, 1.54) is 0 Å². The summed E-state index contributed by atoms with van der Waals surface area (Å²) in [5.74, 6) is 1.51. The van der Waals surface area contributed by atoms with E-state index in [0.29, 0.717) is 11.5 Å². The zero-order valence-corrected chi connectivity index (χ0v) is 13.6. The van der Waals surface area contributed by atoms with Gasteiger partial charge < -0.3 is 4.42 Å². The molecule has 0 aliphatic carbocycles. The average Bonchev–Trinajstić information content (AvgIpc) is 3.38. The predicted molar refractivity (Wildman–Crippen MR) is 97.2 cm³/mol. The van der Waals surface area contributed by atoms with Crippen LogP contribution >= 0.6 is 0 Å². The van der Waals surface area contributed by atoms with Gasteiger partial charge in [0, 0.05) is 29.1 Å². The minimum absolute atomic E-state index is 0.687. The molecule has 0 saturated carbocycles. The molecule has 0 amide bonds. The molecule has 6 nitrogen and oxygen atoms in total. The van der Waals surface area contributed by atoms with Gasteiger partial charge in [0.2, 0.25) is 0 Å².